The summed E-state index contributed by atoms with van der Waals surface area (Å²) in [6.07, 6.45) is 1.47. The molecule has 6 nitrogen and oxygen atoms in total. The number of ether oxygens (including phenoxy) is 1. The van der Waals surface area contributed by atoms with Gasteiger partial charge in [-0.1, -0.05) is 24.3 Å². The lowest BCUT2D eigenvalue weighted by atomic mass is 10.2. The molecule has 1 N–H and O–H groups in total. The topological polar surface area (TPSA) is 64.9 Å². The fourth-order valence-electron chi connectivity index (χ4n) is 2.99. The summed E-state index contributed by atoms with van der Waals surface area (Å²) in [5.74, 6) is 1.82. The largest absolute Gasteiger partial charge is 0.497 e. The lowest BCUT2D eigenvalue weighted by Gasteiger charge is -2.09. The number of hydrogen-bond donors (Lipinski definition) is 1. The van der Waals surface area contributed by atoms with Gasteiger partial charge in [-0.15, -0.1) is 0 Å². The van der Waals surface area contributed by atoms with Crippen LogP contribution in [0.15, 0.2) is 54.9 Å². The van der Waals surface area contributed by atoms with Gasteiger partial charge < -0.3 is 14.6 Å². The third-order valence-electron chi connectivity index (χ3n) is 4.37. The van der Waals surface area contributed by atoms with Crippen molar-refractivity contribution in [3.8, 4) is 17.1 Å². The number of hydrogen-bond acceptors (Lipinski definition) is 5. The monoisotopic (exact) mass is 363 g/mol. The molecule has 2 aromatic carbocycles. The van der Waals surface area contributed by atoms with Crippen LogP contribution < -0.4 is 10.1 Å². The van der Waals surface area contributed by atoms with Crippen LogP contribution in [-0.2, 0) is 13.6 Å². The van der Waals surface area contributed by atoms with Gasteiger partial charge in [0.05, 0.1) is 7.11 Å². The highest BCUT2D eigenvalue weighted by atomic mass is 19.1. The van der Waals surface area contributed by atoms with Gasteiger partial charge in [-0.05, 0) is 29.8 Å². The Morgan fingerprint density at radius 1 is 1.11 bits per heavy atom. The number of halogens is 1. The zero-order valence-corrected chi connectivity index (χ0v) is 15.0. The first kappa shape index (κ1) is 17.0. The predicted molar refractivity (Wildman–Crippen MR) is 102 cm³/mol. The molecule has 7 heteroatoms. The fraction of sp³-hybridized carbons (Fsp3) is 0.150. The van der Waals surface area contributed by atoms with Crippen LogP contribution in [0.4, 0.5) is 10.2 Å². The number of nitrogens with zero attached hydrogens (tertiary/aromatic N) is 4. The Bertz CT molecular complexity index is 1090. The molecule has 0 spiro atoms. The first-order valence-electron chi connectivity index (χ1n) is 8.46. The van der Waals surface area contributed by atoms with E-state index < -0.39 is 0 Å². The average Bonchev–Trinajstić information content (AvgIpc) is 3.04. The van der Waals surface area contributed by atoms with E-state index in [1.165, 1.54) is 18.5 Å². The van der Waals surface area contributed by atoms with Crippen LogP contribution in [-0.4, -0.2) is 26.6 Å². The van der Waals surface area contributed by atoms with Crippen molar-refractivity contribution in [2.24, 2.45) is 7.05 Å². The van der Waals surface area contributed by atoms with Crippen LogP contribution in [0.25, 0.3) is 22.6 Å². The van der Waals surface area contributed by atoms with Gasteiger partial charge in [0.2, 0.25) is 0 Å². The fourth-order valence-corrected chi connectivity index (χ4v) is 2.99. The molecule has 0 aliphatic carbocycles. The summed E-state index contributed by atoms with van der Waals surface area (Å²) in [4.78, 5) is 13.2. The maximum atomic E-state index is 13.6. The number of fused-ring (bicyclic) bond motifs is 1. The number of aromatic nitrogens is 4. The van der Waals surface area contributed by atoms with E-state index in [-0.39, 0.29) is 5.82 Å². The highest BCUT2D eigenvalue weighted by molar-refractivity contribution is 5.86. The zero-order chi connectivity index (χ0) is 18.8. The van der Waals surface area contributed by atoms with E-state index in [9.17, 15) is 4.39 Å². The molecule has 0 aliphatic rings. The average molecular weight is 363 g/mol. The molecule has 2 aromatic heterocycles. The molecule has 0 radical (unpaired) electrons. The summed E-state index contributed by atoms with van der Waals surface area (Å²) < 4.78 is 20.7. The van der Waals surface area contributed by atoms with Crippen molar-refractivity contribution in [2.75, 3.05) is 12.4 Å². The lowest BCUT2D eigenvalue weighted by Crippen LogP contribution is -2.04. The van der Waals surface area contributed by atoms with Crippen molar-refractivity contribution in [1.29, 1.82) is 0 Å². The Labute approximate surface area is 155 Å². The van der Waals surface area contributed by atoms with Gasteiger partial charge in [-0.3, -0.25) is 0 Å². The first-order chi connectivity index (χ1) is 13.2. The molecular formula is C20H18FN5O. The van der Waals surface area contributed by atoms with Gasteiger partial charge in [-0.2, -0.15) is 0 Å². The zero-order valence-electron chi connectivity index (χ0n) is 15.0. The van der Waals surface area contributed by atoms with Crippen LogP contribution in [0, 0.1) is 5.82 Å². The molecule has 136 valence electrons. The minimum absolute atomic E-state index is 0.302. The Kier molecular flexibility index (Phi) is 4.42. The Morgan fingerprint density at radius 3 is 2.67 bits per heavy atom. The van der Waals surface area contributed by atoms with Crippen LogP contribution in [0.1, 0.15) is 5.56 Å². The van der Waals surface area contributed by atoms with Crippen molar-refractivity contribution in [1.82, 2.24) is 19.5 Å². The standard InChI is InChI=1S/C20H18FN5O/c1-26-17-18(22-11-13-6-8-16(27-2)9-7-13)23-12-24-19(17)25-20(26)14-4-3-5-15(21)10-14/h3-10,12H,11H2,1-2H3,(H,22,23,24). The quantitative estimate of drug-likeness (QED) is 0.584. The molecule has 27 heavy (non-hydrogen) atoms. The van der Waals surface area contributed by atoms with Crippen molar-refractivity contribution in [2.45, 2.75) is 6.54 Å². The summed E-state index contributed by atoms with van der Waals surface area (Å²) in [5.41, 5.74) is 3.11. The van der Waals surface area contributed by atoms with E-state index in [2.05, 4.69) is 20.3 Å². The Hall–Kier alpha value is -3.48. The molecule has 2 heterocycles. The van der Waals surface area contributed by atoms with E-state index in [4.69, 9.17) is 4.74 Å². The maximum absolute atomic E-state index is 13.6. The Balaban J connectivity index is 1.67. The molecule has 4 aromatic rings. The van der Waals surface area contributed by atoms with E-state index in [0.717, 1.165) is 16.8 Å². The van der Waals surface area contributed by atoms with Crippen molar-refractivity contribution in [3.05, 3.63) is 66.2 Å². The second-order valence-corrected chi connectivity index (χ2v) is 6.10. The van der Waals surface area contributed by atoms with Crippen molar-refractivity contribution < 1.29 is 9.13 Å². The van der Waals surface area contributed by atoms with Gasteiger partial charge in [0.25, 0.3) is 0 Å². The van der Waals surface area contributed by atoms with Crippen LogP contribution in [0.2, 0.25) is 0 Å². The molecule has 0 aliphatic heterocycles. The van der Waals surface area contributed by atoms with Crippen molar-refractivity contribution in [3.63, 3.8) is 0 Å². The lowest BCUT2D eigenvalue weighted by molar-refractivity contribution is 0.414. The highest BCUT2D eigenvalue weighted by Gasteiger charge is 2.15. The molecule has 0 amide bonds. The van der Waals surface area contributed by atoms with E-state index in [1.807, 2.05) is 41.9 Å². The van der Waals surface area contributed by atoms with E-state index in [0.29, 0.717) is 29.4 Å². The number of methoxy groups -OCH3 is 1. The van der Waals surface area contributed by atoms with Gasteiger partial charge >= 0.3 is 0 Å². The smallest absolute Gasteiger partial charge is 0.183 e. The number of rotatable bonds is 5. The predicted octanol–water partition coefficient (Wildman–Crippen LogP) is 3.79. The SMILES string of the molecule is COc1ccc(CNc2ncnc3nc(-c4cccc(F)c4)n(C)c23)cc1. The summed E-state index contributed by atoms with van der Waals surface area (Å²) in [6, 6.07) is 14.2. The molecule has 0 saturated heterocycles. The van der Waals surface area contributed by atoms with Gasteiger partial charge in [-0.25, -0.2) is 19.3 Å². The number of anilines is 1. The van der Waals surface area contributed by atoms with Gasteiger partial charge in [0.1, 0.15) is 29.2 Å². The molecule has 0 fully saturated rings. The van der Waals surface area contributed by atoms with Gasteiger partial charge in [0.15, 0.2) is 11.5 Å². The first-order valence-corrected chi connectivity index (χ1v) is 8.46. The minimum Gasteiger partial charge on any atom is -0.497 e. The summed E-state index contributed by atoms with van der Waals surface area (Å²) in [6.45, 7) is 0.594. The van der Waals surface area contributed by atoms with Crippen molar-refractivity contribution >= 4 is 17.0 Å². The van der Waals surface area contributed by atoms with E-state index in [1.54, 1.807) is 13.2 Å². The molecule has 0 atom stereocenters. The van der Waals surface area contributed by atoms with Crippen LogP contribution >= 0.6 is 0 Å². The summed E-state index contributed by atoms with van der Waals surface area (Å²) in [5, 5.41) is 3.33. The highest BCUT2D eigenvalue weighted by Crippen LogP contribution is 2.27. The summed E-state index contributed by atoms with van der Waals surface area (Å²) in [7, 11) is 3.51. The summed E-state index contributed by atoms with van der Waals surface area (Å²) >= 11 is 0. The number of benzene rings is 2. The maximum Gasteiger partial charge on any atom is 0.183 e. The van der Waals surface area contributed by atoms with Crippen LogP contribution in [0.3, 0.4) is 0 Å². The molecule has 4 rings (SSSR count). The number of aryl methyl sites for hydroxylation is 1. The Morgan fingerprint density at radius 2 is 1.93 bits per heavy atom. The normalized spacial score (nSPS) is 10.9. The molecule has 0 saturated carbocycles. The second kappa shape index (κ2) is 7.03. The third kappa shape index (κ3) is 3.31. The number of nitrogens with one attached hydrogen (secondary N) is 1. The molecule has 0 unspecified atom stereocenters. The van der Waals surface area contributed by atoms with Crippen LogP contribution in [0.5, 0.6) is 5.75 Å². The van der Waals surface area contributed by atoms with Gasteiger partial charge in [0, 0.05) is 19.2 Å². The molecule has 0 bridgehead atoms. The second-order valence-electron chi connectivity index (χ2n) is 6.10. The number of imidazole rings is 1. The van der Waals surface area contributed by atoms with E-state index >= 15 is 0 Å². The molecular weight excluding hydrogens is 345 g/mol. The minimum atomic E-state index is -0.302. The third-order valence-corrected chi connectivity index (χ3v) is 4.37.